The molecule has 0 aromatic heterocycles. The maximum Gasteiger partial charge on any atom is 0.0533 e. The molecule has 1 fully saturated rings. The molecule has 1 atom stereocenters. The van der Waals surface area contributed by atoms with Gasteiger partial charge in [0.15, 0.2) is 0 Å². The summed E-state index contributed by atoms with van der Waals surface area (Å²) in [6.07, 6.45) is 3.59. The molecule has 0 aliphatic carbocycles. The van der Waals surface area contributed by atoms with E-state index in [1.54, 1.807) is 0 Å². The van der Waals surface area contributed by atoms with Crippen LogP contribution in [0.5, 0.6) is 0 Å². The molecule has 0 bridgehead atoms. The summed E-state index contributed by atoms with van der Waals surface area (Å²) in [5, 5.41) is 1.04. The summed E-state index contributed by atoms with van der Waals surface area (Å²) in [7, 11) is 0. The number of benzene rings is 1. The monoisotopic (exact) mass is 282 g/mol. The summed E-state index contributed by atoms with van der Waals surface area (Å²) in [6.45, 7) is 3.98. The highest BCUT2D eigenvalue weighted by molar-refractivity contribution is 9.09. The Morgan fingerprint density at radius 2 is 2.31 bits per heavy atom. The van der Waals surface area contributed by atoms with Crippen molar-refractivity contribution in [1.82, 2.24) is 0 Å². The van der Waals surface area contributed by atoms with Gasteiger partial charge in [0.05, 0.1) is 6.61 Å². The predicted molar refractivity (Wildman–Crippen MR) is 71.2 cm³/mol. The lowest BCUT2D eigenvalue weighted by Gasteiger charge is -2.35. The van der Waals surface area contributed by atoms with Gasteiger partial charge >= 0.3 is 0 Å². The van der Waals surface area contributed by atoms with Crippen molar-refractivity contribution in [1.29, 1.82) is 0 Å². The van der Waals surface area contributed by atoms with Gasteiger partial charge in [-0.25, -0.2) is 0 Å². The van der Waals surface area contributed by atoms with Gasteiger partial charge in [0.2, 0.25) is 0 Å². The molecule has 1 nitrogen and oxygen atoms in total. The van der Waals surface area contributed by atoms with E-state index in [9.17, 15) is 0 Å². The van der Waals surface area contributed by atoms with E-state index in [0.717, 1.165) is 25.0 Å². The molecule has 2 rings (SSSR count). The van der Waals surface area contributed by atoms with E-state index in [-0.39, 0.29) is 0 Å². The van der Waals surface area contributed by atoms with Crippen LogP contribution >= 0.6 is 15.9 Å². The van der Waals surface area contributed by atoms with Gasteiger partial charge in [0.25, 0.3) is 0 Å². The number of ether oxygens (including phenoxy) is 1. The molecule has 1 aromatic carbocycles. The Bertz CT molecular complexity index is 342. The molecule has 1 aliphatic heterocycles. The van der Waals surface area contributed by atoms with Gasteiger partial charge in [-0.3, -0.25) is 0 Å². The van der Waals surface area contributed by atoms with Crippen molar-refractivity contribution in [2.75, 3.05) is 18.5 Å². The maximum atomic E-state index is 5.65. The number of rotatable bonds is 3. The fraction of sp³-hybridized carbons (Fsp3) is 0.571. The van der Waals surface area contributed by atoms with Crippen molar-refractivity contribution in [3.63, 3.8) is 0 Å². The van der Waals surface area contributed by atoms with Crippen molar-refractivity contribution in [3.05, 3.63) is 35.4 Å². The lowest BCUT2D eigenvalue weighted by atomic mass is 9.79. The third kappa shape index (κ3) is 2.86. The summed E-state index contributed by atoms with van der Waals surface area (Å²) in [5.41, 5.74) is 3.09. The van der Waals surface area contributed by atoms with E-state index >= 15 is 0 Å². The van der Waals surface area contributed by atoms with E-state index in [0.29, 0.717) is 5.41 Å². The number of alkyl halides is 1. The second-order valence-electron chi connectivity index (χ2n) is 4.96. The van der Waals surface area contributed by atoms with Crippen LogP contribution in [0.25, 0.3) is 0 Å². The maximum absolute atomic E-state index is 5.65. The molecule has 0 amide bonds. The first-order valence-corrected chi connectivity index (χ1v) is 7.06. The highest BCUT2D eigenvalue weighted by Crippen LogP contribution is 2.34. The standard InChI is InChI=1S/C14H19BrO/c1-12-4-2-5-13(8-12)9-14(10-15)6-3-7-16-11-14/h2,4-5,8H,3,6-7,9-11H2,1H3. The lowest BCUT2D eigenvalue weighted by molar-refractivity contribution is 0.00614. The van der Waals surface area contributed by atoms with E-state index in [1.165, 1.54) is 24.0 Å². The number of hydrogen-bond acceptors (Lipinski definition) is 1. The molecule has 1 saturated heterocycles. The Kier molecular flexibility index (Phi) is 4.04. The van der Waals surface area contributed by atoms with E-state index < -0.39 is 0 Å². The second kappa shape index (κ2) is 5.33. The molecule has 1 aromatic rings. The third-order valence-electron chi connectivity index (χ3n) is 3.35. The van der Waals surface area contributed by atoms with Gasteiger partial charge in [-0.1, -0.05) is 45.8 Å². The molecule has 2 heteroatoms. The van der Waals surface area contributed by atoms with Crippen LogP contribution in [0.15, 0.2) is 24.3 Å². The van der Waals surface area contributed by atoms with E-state index in [1.807, 2.05) is 0 Å². The summed E-state index contributed by atoms with van der Waals surface area (Å²) in [5.74, 6) is 0. The Balaban J connectivity index is 2.11. The third-order valence-corrected chi connectivity index (χ3v) is 4.54. The normalized spacial score (nSPS) is 25.6. The highest BCUT2D eigenvalue weighted by atomic mass is 79.9. The van der Waals surface area contributed by atoms with Crippen LogP contribution < -0.4 is 0 Å². The SMILES string of the molecule is Cc1cccc(CC2(CBr)CCCOC2)c1. The van der Waals surface area contributed by atoms with Gasteiger partial charge in [-0.15, -0.1) is 0 Å². The Hall–Kier alpha value is -0.340. The minimum atomic E-state index is 0.312. The summed E-state index contributed by atoms with van der Waals surface area (Å²) < 4.78 is 5.65. The Labute approximate surface area is 106 Å². The zero-order chi connectivity index (χ0) is 11.4. The first-order valence-electron chi connectivity index (χ1n) is 5.93. The van der Waals surface area contributed by atoms with Gasteiger partial charge < -0.3 is 4.74 Å². The van der Waals surface area contributed by atoms with Crippen molar-refractivity contribution in [2.24, 2.45) is 5.41 Å². The average molecular weight is 283 g/mol. The quantitative estimate of drug-likeness (QED) is 0.768. The van der Waals surface area contributed by atoms with E-state index in [2.05, 4.69) is 47.1 Å². The van der Waals surface area contributed by atoms with Crippen LogP contribution in [-0.4, -0.2) is 18.5 Å². The van der Waals surface area contributed by atoms with Gasteiger partial charge in [0.1, 0.15) is 0 Å². The van der Waals surface area contributed by atoms with E-state index in [4.69, 9.17) is 4.74 Å². The molecule has 0 spiro atoms. The lowest BCUT2D eigenvalue weighted by Crippen LogP contribution is -2.35. The van der Waals surface area contributed by atoms with Gasteiger partial charge in [-0.05, 0) is 31.7 Å². The van der Waals surface area contributed by atoms with Crippen LogP contribution in [0.2, 0.25) is 0 Å². The van der Waals surface area contributed by atoms with Gasteiger partial charge in [-0.2, -0.15) is 0 Å². The average Bonchev–Trinajstić information content (AvgIpc) is 2.30. The first-order chi connectivity index (χ1) is 7.74. The molecule has 1 unspecified atom stereocenters. The number of halogens is 1. The molecule has 1 aliphatic rings. The fourth-order valence-corrected chi connectivity index (χ4v) is 3.10. The summed E-state index contributed by atoms with van der Waals surface area (Å²) in [4.78, 5) is 0. The molecular weight excluding hydrogens is 264 g/mol. The van der Waals surface area contributed by atoms with Gasteiger partial charge in [0, 0.05) is 17.4 Å². The molecule has 0 radical (unpaired) electrons. The van der Waals surface area contributed by atoms with Crippen LogP contribution in [0, 0.1) is 12.3 Å². The summed E-state index contributed by atoms with van der Waals surface area (Å²) in [6, 6.07) is 8.82. The minimum Gasteiger partial charge on any atom is -0.381 e. The zero-order valence-corrected chi connectivity index (χ0v) is 11.4. The molecule has 88 valence electrons. The van der Waals surface area contributed by atoms with Crippen LogP contribution in [0.3, 0.4) is 0 Å². The van der Waals surface area contributed by atoms with Crippen molar-refractivity contribution in [3.8, 4) is 0 Å². The molecular formula is C14H19BrO. The topological polar surface area (TPSA) is 9.23 Å². The zero-order valence-electron chi connectivity index (χ0n) is 9.84. The smallest absolute Gasteiger partial charge is 0.0533 e. The Morgan fingerprint density at radius 1 is 1.44 bits per heavy atom. The minimum absolute atomic E-state index is 0.312. The van der Waals surface area contributed by atoms with Crippen molar-refractivity contribution >= 4 is 15.9 Å². The first kappa shape index (κ1) is 12.1. The number of aryl methyl sites for hydroxylation is 1. The second-order valence-corrected chi connectivity index (χ2v) is 5.52. The van der Waals surface area contributed by atoms with Crippen molar-refractivity contribution in [2.45, 2.75) is 26.2 Å². The van der Waals surface area contributed by atoms with Crippen LogP contribution in [0.1, 0.15) is 24.0 Å². The Morgan fingerprint density at radius 3 is 2.94 bits per heavy atom. The molecule has 16 heavy (non-hydrogen) atoms. The molecule has 0 N–H and O–H groups in total. The van der Waals surface area contributed by atoms with Crippen LogP contribution in [0.4, 0.5) is 0 Å². The largest absolute Gasteiger partial charge is 0.381 e. The fourth-order valence-electron chi connectivity index (χ4n) is 2.46. The predicted octanol–water partition coefficient (Wildman–Crippen LogP) is 3.73. The van der Waals surface area contributed by atoms with Crippen LogP contribution in [-0.2, 0) is 11.2 Å². The summed E-state index contributed by atoms with van der Waals surface area (Å²) >= 11 is 3.66. The highest BCUT2D eigenvalue weighted by Gasteiger charge is 2.31. The molecule has 0 saturated carbocycles. The number of hydrogen-bond donors (Lipinski definition) is 0. The molecule has 1 heterocycles. The van der Waals surface area contributed by atoms with Crippen molar-refractivity contribution < 1.29 is 4.74 Å².